The number of para-hydroxylation sites is 1. The molecule has 1 saturated carbocycles. The number of fused-ring (bicyclic) bond motifs is 1. The number of hydrogen-bond acceptors (Lipinski definition) is 7. The zero-order chi connectivity index (χ0) is 21.6. The van der Waals surface area contributed by atoms with Crippen LogP contribution in [-0.2, 0) is 10.3 Å². The number of ether oxygens (including phenoxy) is 2. The fourth-order valence-corrected chi connectivity index (χ4v) is 4.42. The van der Waals surface area contributed by atoms with E-state index in [1.54, 1.807) is 24.9 Å². The maximum atomic E-state index is 13.1. The summed E-state index contributed by atoms with van der Waals surface area (Å²) >= 11 is 1.32. The van der Waals surface area contributed by atoms with Crippen molar-refractivity contribution in [3.63, 3.8) is 0 Å². The van der Waals surface area contributed by atoms with E-state index in [9.17, 15) is 4.79 Å². The van der Waals surface area contributed by atoms with Crippen molar-refractivity contribution in [3.05, 3.63) is 59.7 Å². The van der Waals surface area contributed by atoms with E-state index >= 15 is 0 Å². The second kappa shape index (κ2) is 7.44. The lowest BCUT2D eigenvalue weighted by molar-refractivity contribution is 0.0756. The van der Waals surface area contributed by atoms with Crippen LogP contribution in [0.2, 0.25) is 0 Å². The zero-order valence-electron chi connectivity index (χ0n) is 17.4. The number of benzene rings is 1. The van der Waals surface area contributed by atoms with Crippen LogP contribution in [0.25, 0.3) is 16.1 Å². The molecule has 31 heavy (non-hydrogen) atoms. The van der Waals surface area contributed by atoms with Crippen LogP contribution in [0.1, 0.15) is 34.6 Å². The third kappa shape index (κ3) is 3.45. The lowest BCUT2D eigenvalue weighted by Gasteiger charge is -2.13. The first-order valence-corrected chi connectivity index (χ1v) is 10.7. The topological polar surface area (TPSA) is 90.6 Å². The highest BCUT2D eigenvalue weighted by atomic mass is 32.1. The molecule has 0 aliphatic heterocycles. The quantitative estimate of drug-likeness (QED) is 0.491. The fraction of sp³-hybridized carbons (Fsp3) is 0.273. The maximum absolute atomic E-state index is 13.1. The Bertz CT molecular complexity index is 1260. The lowest BCUT2D eigenvalue weighted by atomic mass is 9.99. The van der Waals surface area contributed by atoms with E-state index in [0.717, 1.165) is 35.4 Å². The number of methoxy groups -OCH3 is 2. The Morgan fingerprint density at radius 2 is 2.03 bits per heavy atom. The second-order valence-corrected chi connectivity index (χ2v) is 8.44. The average molecular weight is 436 g/mol. The molecule has 5 rings (SSSR count). The van der Waals surface area contributed by atoms with E-state index in [4.69, 9.17) is 9.47 Å². The van der Waals surface area contributed by atoms with Crippen molar-refractivity contribution in [2.75, 3.05) is 19.5 Å². The van der Waals surface area contributed by atoms with E-state index in [2.05, 4.69) is 20.4 Å². The number of pyridine rings is 1. The first-order valence-electron chi connectivity index (χ1n) is 9.86. The van der Waals surface area contributed by atoms with Gasteiger partial charge >= 0.3 is 0 Å². The van der Waals surface area contributed by atoms with Crippen molar-refractivity contribution >= 4 is 27.3 Å². The highest BCUT2D eigenvalue weighted by Gasteiger charge is 2.47. The highest BCUT2D eigenvalue weighted by molar-refractivity contribution is 7.20. The molecule has 158 valence electrons. The maximum Gasteiger partial charge on any atom is 0.259 e. The molecule has 9 heteroatoms. The monoisotopic (exact) mass is 435 g/mol. The number of carbonyl (C=O) groups is 1. The van der Waals surface area contributed by atoms with Crippen LogP contribution in [0, 0.1) is 6.92 Å². The fourth-order valence-electron chi connectivity index (χ4n) is 3.64. The van der Waals surface area contributed by atoms with Crippen molar-refractivity contribution in [2.45, 2.75) is 25.4 Å². The molecule has 0 unspecified atom stereocenters. The first-order chi connectivity index (χ1) is 15.0. The lowest BCUT2D eigenvalue weighted by Crippen LogP contribution is -2.14. The predicted molar refractivity (Wildman–Crippen MR) is 118 cm³/mol. The van der Waals surface area contributed by atoms with Gasteiger partial charge in [-0.3, -0.25) is 15.1 Å². The van der Waals surface area contributed by atoms with Crippen LogP contribution < -0.4 is 10.1 Å². The molecule has 1 aliphatic carbocycles. The summed E-state index contributed by atoms with van der Waals surface area (Å²) in [5, 5.41) is 7.82. The Balaban J connectivity index is 1.45. The molecule has 1 aliphatic rings. The minimum Gasteiger partial charge on any atom is -0.496 e. The van der Waals surface area contributed by atoms with Crippen LogP contribution in [0.5, 0.6) is 5.75 Å². The molecular formula is C22H21N5O3S. The second-order valence-electron chi connectivity index (χ2n) is 7.48. The Kier molecular flexibility index (Phi) is 4.71. The molecule has 0 spiro atoms. The zero-order valence-corrected chi connectivity index (χ0v) is 18.2. The number of nitrogens with zero attached hydrogens (tertiary/aromatic N) is 4. The van der Waals surface area contributed by atoms with Crippen LogP contribution in [0.4, 0.5) is 5.13 Å². The van der Waals surface area contributed by atoms with Crippen molar-refractivity contribution in [1.82, 2.24) is 19.6 Å². The number of anilines is 1. The largest absolute Gasteiger partial charge is 0.496 e. The number of imidazole rings is 1. The van der Waals surface area contributed by atoms with Gasteiger partial charge < -0.3 is 9.47 Å². The summed E-state index contributed by atoms with van der Waals surface area (Å²) in [6.45, 7) is 1.89. The summed E-state index contributed by atoms with van der Waals surface area (Å²) in [6, 6.07) is 9.48. The van der Waals surface area contributed by atoms with Crippen molar-refractivity contribution < 1.29 is 14.3 Å². The van der Waals surface area contributed by atoms with E-state index in [1.165, 1.54) is 11.3 Å². The third-order valence-electron chi connectivity index (χ3n) is 5.51. The number of rotatable bonds is 6. The van der Waals surface area contributed by atoms with Crippen LogP contribution in [0.3, 0.4) is 0 Å². The number of carbonyl (C=O) groups excluding carboxylic acids is 1. The van der Waals surface area contributed by atoms with Gasteiger partial charge in [0.1, 0.15) is 11.4 Å². The molecule has 1 amide bonds. The Hall–Kier alpha value is -3.30. The van der Waals surface area contributed by atoms with Gasteiger partial charge in [-0.15, -0.1) is 5.10 Å². The molecular weight excluding hydrogens is 414 g/mol. The summed E-state index contributed by atoms with van der Waals surface area (Å²) in [5.41, 5.74) is 3.45. The number of nitrogens with one attached hydrogen (secondary N) is 1. The molecule has 0 saturated heterocycles. The van der Waals surface area contributed by atoms with Gasteiger partial charge in [-0.25, -0.2) is 9.50 Å². The molecule has 1 fully saturated rings. The minimum absolute atomic E-state index is 0.270. The van der Waals surface area contributed by atoms with E-state index in [0.29, 0.717) is 21.4 Å². The van der Waals surface area contributed by atoms with E-state index in [-0.39, 0.29) is 11.5 Å². The first kappa shape index (κ1) is 19.7. The standard InChI is InChI=1S/C22H21N5O3S/c1-13-10-15(14-6-4-5-7-17(14)29-2)16(11-23-13)19(28)25-20-26-27-12-18(24-21(27)31-20)22(30-3)8-9-22/h4-7,10-12H,8-9H2,1-3H3,(H,25,26,28). The Morgan fingerprint density at radius 1 is 1.23 bits per heavy atom. The van der Waals surface area contributed by atoms with Crippen LogP contribution in [0.15, 0.2) is 42.7 Å². The number of aromatic nitrogens is 4. The van der Waals surface area contributed by atoms with Gasteiger partial charge in [0.05, 0.1) is 24.6 Å². The molecule has 3 heterocycles. The van der Waals surface area contributed by atoms with Crippen molar-refractivity contribution in [3.8, 4) is 16.9 Å². The normalized spacial score (nSPS) is 14.5. The third-order valence-corrected chi connectivity index (χ3v) is 6.35. The van der Waals surface area contributed by atoms with Gasteiger partial charge in [0.15, 0.2) is 0 Å². The molecule has 4 aromatic rings. The van der Waals surface area contributed by atoms with Crippen LogP contribution in [-0.4, -0.2) is 39.7 Å². The van der Waals surface area contributed by atoms with Gasteiger partial charge in [0.2, 0.25) is 10.1 Å². The Morgan fingerprint density at radius 3 is 2.74 bits per heavy atom. The van der Waals surface area contributed by atoms with Crippen molar-refractivity contribution in [1.29, 1.82) is 0 Å². The SMILES string of the molecule is COc1ccccc1-c1cc(C)ncc1C(=O)Nc1nn2cc(C3(OC)CC3)nc2s1. The summed E-state index contributed by atoms with van der Waals surface area (Å²) < 4.78 is 12.8. The molecule has 0 atom stereocenters. The molecule has 1 aromatic carbocycles. The highest BCUT2D eigenvalue weighted by Crippen LogP contribution is 2.48. The summed E-state index contributed by atoms with van der Waals surface area (Å²) in [5.74, 6) is 0.399. The van der Waals surface area contributed by atoms with Gasteiger partial charge in [0.25, 0.3) is 5.91 Å². The number of amides is 1. The van der Waals surface area contributed by atoms with Crippen LogP contribution >= 0.6 is 11.3 Å². The van der Waals surface area contributed by atoms with E-state index in [1.807, 2.05) is 43.5 Å². The van der Waals surface area contributed by atoms with Gasteiger partial charge in [-0.05, 0) is 31.9 Å². The molecule has 0 bridgehead atoms. The van der Waals surface area contributed by atoms with Crippen molar-refractivity contribution in [2.24, 2.45) is 0 Å². The summed E-state index contributed by atoms with van der Waals surface area (Å²) in [7, 11) is 3.32. The average Bonchev–Trinajstić information content (AvgIpc) is 3.35. The van der Waals surface area contributed by atoms with Gasteiger partial charge in [-0.1, -0.05) is 29.5 Å². The Labute approximate surface area is 182 Å². The number of hydrogen-bond donors (Lipinski definition) is 1. The van der Waals surface area contributed by atoms with Gasteiger partial charge in [-0.2, -0.15) is 0 Å². The van der Waals surface area contributed by atoms with E-state index < -0.39 is 0 Å². The van der Waals surface area contributed by atoms with Gasteiger partial charge in [0, 0.05) is 30.1 Å². The number of aryl methyl sites for hydroxylation is 1. The molecule has 0 radical (unpaired) electrons. The molecule has 8 nitrogen and oxygen atoms in total. The summed E-state index contributed by atoms with van der Waals surface area (Å²) in [4.78, 5) is 22.8. The minimum atomic E-state index is -0.291. The molecule has 3 aromatic heterocycles. The molecule has 1 N–H and O–H groups in total. The summed E-state index contributed by atoms with van der Waals surface area (Å²) in [6.07, 6.45) is 5.37. The smallest absolute Gasteiger partial charge is 0.259 e. The predicted octanol–water partition coefficient (Wildman–Crippen LogP) is 4.06.